The van der Waals surface area contributed by atoms with E-state index in [1.807, 2.05) is 6.07 Å². The molecular weight excluding hydrogens is 254 g/mol. The first-order valence-corrected chi connectivity index (χ1v) is 5.88. The van der Waals surface area contributed by atoms with Crippen LogP contribution < -0.4 is 4.74 Å². The van der Waals surface area contributed by atoms with Gasteiger partial charge in [-0.3, -0.25) is 4.79 Å². The molecule has 0 saturated heterocycles. The van der Waals surface area contributed by atoms with Gasteiger partial charge in [-0.05, 0) is 30.5 Å². The lowest BCUT2D eigenvalue weighted by Crippen LogP contribution is -2.05. The van der Waals surface area contributed by atoms with Crippen molar-refractivity contribution in [2.75, 3.05) is 7.11 Å². The Morgan fingerprint density at radius 2 is 2.33 bits per heavy atom. The van der Waals surface area contributed by atoms with E-state index in [0.717, 1.165) is 5.56 Å². The number of carboxylic acids is 1. The Labute approximate surface area is 111 Å². The summed E-state index contributed by atoms with van der Waals surface area (Å²) in [5.41, 5.74) is 0.901. The number of nitriles is 1. The van der Waals surface area contributed by atoms with Crippen molar-refractivity contribution in [3.8, 4) is 11.8 Å². The predicted molar refractivity (Wildman–Crippen MR) is 67.7 cm³/mol. The second kappa shape index (κ2) is 6.87. The number of hydrogen-bond donors (Lipinski definition) is 1. The van der Waals surface area contributed by atoms with Crippen LogP contribution in [0.25, 0.3) is 0 Å². The smallest absolute Gasteiger partial charge is 0.303 e. The third-order valence-electron chi connectivity index (χ3n) is 2.59. The zero-order chi connectivity index (χ0) is 13.5. The predicted octanol–water partition coefficient (Wildman–Crippen LogP) is 2.90. The van der Waals surface area contributed by atoms with Crippen molar-refractivity contribution in [2.45, 2.75) is 19.3 Å². The molecule has 5 heteroatoms. The molecule has 0 aliphatic carbocycles. The maximum absolute atomic E-state index is 10.5. The molecule has 0 spiro atoms. The number of carboxylic acid groups (broad SMARTS) is 1. The van der Waals surface area contributed by atoms with Crippen LogP contribution in [-0.4, -0.2) is 18.2 Å². The van der Waals surface area contributed by atoms with Crippen molar-refractivity contribution in [1.82, 2.24) is 0 Å². The van der Waals surface area contributed by atoms with E-state index in [1.165, 1.54) is 7.11 Å². The van der Waals surface area contributed by atoms with Crippen molar-refractivity contribution >= 4 is 17.6 Å². The Balaban J connectivity index is 2.68. The van der Waals surface area contributed by atoms with Gasteiger partial charge in [-0.15, -0.1) is 0 Å². The first-order valence-electron chi connectivity index (χ1n) is 5.50. The number of aliphatic carboxylic acids is 1. The lowest BCUT2D eigenvalue weighted by Gasteiger charge is -2.09. The number of hydrogen-bond acceptors (Lipinski definition) is 3. The number of nitrogens with zero attached hydrogens (tertiary/aromatic N) is 1. The van der Waals surface area contributed by atoms with E-state index in [1.54, 1.807) is 12.1 Å². The Morgan fingerprint density at radius 3 is 2.83 bits per heavy atom. The first kappa shape index (κ1) is 14.3. The van der Waals surface area contributed by atoms with E-state index >= 15 is 0 Å². The minimum absolute atomic E-state index is 0.00210. The lowest BCUT2D eigenvalue weighted by molar-refractivity contribution is -0.137. The molecule has 0 fully saturated rings. The summed E-state index contributed by atoms with van der Waals surface area (Å²) in [5.74, 6) is -0.618. The van der Waals surface area contributed by atoms with Gasteiger partial charge in [0.25, 0.3) is 0 Å². The highest BCUT2D eigenvalue weighted by atomic mass is 35.5. The molecule has 96 valence electrons. The minimum atomic E-state index is -0.886. The molecule has 1 N–H and O–H groups in total. The van der Waals surface area contributed by atoms with Crippen molar-refractivity contribution in [2.24, 2.45) is 5.92 Å². The maximum Gasteiger partial charge on any atom is 0.303 e. The molecule has 1 aromatic rings. The lowest BCUT2D eigenvalue weighted by atomic mass is 9.96. The monoisotopic (exact) mass is 267 g/mol. The molecule has 18 heavy (non-hydrogen) atoms. The molecule has 0 heterocycles. The van der Waals surface area contributed by atoms with E-state index in [4.69, 9.17) is 26.7 Å². The van der Waals surface area contributed by atoms with Gasteiger partial charge in [0, 0.05) is 6.42 Å². The van der Waals surface area contributed by atoms with Gasteiger partial charge in [0.15, 0.2) is 0 Å². The average Bonchev–Trinajstić information content (AvgIpc) is 2.34. The van der Waals surface area contributed by atoms with Gasteiger partial charge in [0.05, 0.1) is 24.1 Å². The number of carbonyl (C=O) groups is 1. The summed E-state index contributed by atoms with van der Waals surface area (Å²) < 4.78 is 5.04. The third-order valence-corrected chi connectivity index (χ3v) is 2.88. The topological polar surface area (TPSA) is 70.3 Å². The van der Waals surface area contributed by atoms with Crippen LogP contribution in [-0.2, 0) is 11.2 Å². The quantitative estimate of drug-likeness (QED) is 0.860. The summed E-state index contributed by atoms with van der Waals surface area (Å²) in [4.78, 5) is 10.5. The van der Waals surface area contributed by atoms with E-state index in [9.17, 15) is 4.79 Å². The summed E-state index contributed by atoms with van der Waals surface area (Å²) in [7, 11) is 1.53. The van der Waals surface area contributed by atoms with Crippen molar-refractivity contribution in [1.29, 1.82) is 5.26 Å². The summed E-state index contributed by atoms with van der Waals surface area (Å²) in [6.45, 7) is 0. The van der Waals surface area contributed by atoms with E-state index in [0.29, 0.717) is 23.6 Å². The molecule has 0 aliphatic heterocycles. The second-order valence-electron chi connectivity index (χ2n) is 3.93. The molecule has 0 amide bonds. The first-order chi connectivity index (χ1) is 8.56. The normalized spacial score (nSPS) is 11.6. The van der Waals surface area contributed by atoms with Crippen LogP contribution in [0.4, 0.5) is 0 Å². The number of halogens is 1. The number of benzene rings is 1. The van der Waals surface area contributed by atoms with Gasteiger partial charge in [-0.2, -0.15) is 5.26 Å². The fraction of sp³-hybridized carbons (Fsp3) is 0.385. The standard InChI is InChI=1S/C13H14ClNO3/c1-18-12-4-2-9(7-11(12)14)6-10(8-15)3-5-13(16)17/h2,4,7,10H,3,5-6H2,1H3,(H,16,17). The summed E-state index contributed by atoms with van der Waals surface area (Å²) in [6, 6.07) is 7.43. The molecule has 4 nitrogen and oxygen atoms in total. The van der Waals surface area contributed by atoms with Crippen LogP contribution in [0.3, 0.4) is 0 Å². The van der Waals surface area contributed by atoms with Crippen LogP contribution in [0.1, 0.15) is 18.4 Å². The van der Waals surface area contributed by atoms with Crippen LogP contribution in [0.2, 0.25) is 5.02 Å². The molecule has 1 rings (SSSR count). The molecule has 0 radical (unpaired) electrons. The van der Waals surface area contributed by atoms with Gasteiger partial charge in [0.2, 0.25) is 0 Å². The highest BCUT2D eigenvalue weighted by molar-refractivity contribution is 6.32. The molecule has 1 aromatic carbocycles. The summed E-state index contributed by atoms with van der Waals surface area (Å²) in [5, 5.41) is 18.0. The van der Waals surface area contributed by atoms with Crippen molar-refractivity contribution in [3.63, 3.8) is 0 Å². The molecule has 1 unspecified atom stereocenters. The molecular formula is C13H14ClNO3. The second-order valence-corrected chi connectivity index (χ2v) is 4.34. The summed E-state index contributed by atoms with van der Waals surface area (Å²) in [6.07, 6.45) is 0.838. The van der Waals surface area contributed by atoms with Crippen LogP contribution in [0.5, 0.6) is 5.75 Å². The number of rotatable bonds is 6. The van der Waals surface area contributed by atoms with Crippen LogP contribution in [0.15, 0.2) is 18.2 Å². The fourth-order valence-corrected chi connectivity index (χ4v) is 1.91. The summed E-state index contributed by atoms with van der Waals surface area (Å²) >= 11 is 5.98. The number of methoxy groups -OCH3 is 1. The van der Waals surface area contributed by atoms with Gasteiger partial charge >= 0.3 is 5.97 Å². The Bertz CT molecular complexity index is 468. The van der Waals surface area contributed by atoms with Crippen molar-refractivity contribution < 1.29 is 14.6 Å². The Kier molecular flexibility index (Phi) is 5.47. The maximum atomic E-state index is 10.5. The van der Waals surface area contributed by atoms with Gasteiger partial charge < -0.3 is 9.84 Å². The van der Waals surface area contributed by atoms with Crippen LogP contribution >= 0.6 is 11.6 Å². The highest BCUT2D eigenvalue weighted by Gasteiger charge is 2.12. The third kappa shape index (κ3) is 4.27. The number of ether oxygens (including phenoxy) is 1. The molecule has 1 atom stereocenters. The molecule has 0 saturated carbocycles. The molecule has 0 aromatic heterocycles. The minimum Gasteiger partial charge on any atom is -0.495 e. The van der Waals surface area contributed by atoms with E-state index in [-0.39, 0.29) is 12.3 Å². The highest BCUT2D eigenvalue weighted by Crippen LogP contribution is 2.26. The largest absolute Gasteiger partial charge is 0.495 e. The van der Waals surface area contributed by atoms with Crippen LogP contribution in [0, 0.1) is 17.2 Å². The van der Waals surface area contributed by atoms with E-state index in [2.05, 4.69) is 6.07 Å². The molecule has 0 aliphatic rings. The zero-order valence-electron chi connectivity index (χ0n) is 10.0. The van der Waals surface area contributed by atoms with Crippen molar-refractivity contribution in [3.05, 3.63) is 28.8 Å². The average molecular weight is 268 g/mol. The van der Waals surface area contributed by atoms with Gasteiger partial charge in [0.1, 0.15) is 5.75 Å². The van der Waals surface area contributed by atoms with Gasteiger partial charge in [-0.25, -0.2) is 0 Å². The molecule has 0 bridgehead atoms. The van der Waals surface area contributed by atoms with E-state index < -0.39 is 5.97 Å². The van der Waals surface area contributed by atoms with Gasteiger partial charge in [-0.1, -0.05) is 17.7 Å². The fourth-order valence-electron chi connectivity index (χ4n) is 1.63. The Morgan fingerprint density at radius 1 is 1.61 bits per heavy atom. The zero-order valence-corrected chi connectivity index (χ0v) is 10.8. The SMILES string of the molecule is COc1ccc(CC(C#N)CCC(=O)O)cc1Cl. The Hall–Kier alpha value is -1.73.